The number of nitrogens with one attached hydrogen (secondary N) is 2. The van der Waals surface area contributed by atoms with E-state index in [2.05, 4.69) is 10.0 Å². The molecule has 0 aliphatic heterocycles. The van der Waals surface area contributed by atoms with Gasteiger partial charge in [0, 0.05) is 5.69 Å². The minimum Gasteiger partial charge on any atom is -0.354 e. The molecule has 24 heavy (non-hydrogen) atoms. The van der Waals surface area contributed by atoms with E-state index in [9.17, 15) is 8.42 Å². The molecule has 3 aromatic carbocycles. The monoisotopic (exact) mass is 358 g/mol. The predicted molar refractivity (Wildman–Crippen MR) is 98.4 cm³/mol. The van der Waals surface area contributed by atoms with Gasteiger partial charge in [-0.2, -0.15) is 0 Å². The van der Waals surface area contributed by atoms with Gasteiger partial charge in [-0.05, 0) is 36.4 Å². The number of hydrogen-bond donors (Lipinski definition) is 2. The Hall–Kier alpha value is -2.50. The smallest absolute Gasteiger partial charge is 0.263 e. The minimum absolute atomic E-state index is 0.0428. The number of sulfonamides is 1. The molecule has 0 bridgehead atoms. The summed E-state index contributed by atoms with van der Waals surface area (Å²) >= 11 is 6.01. The van der Waals surface area contributed by atoms with Crippen LogP contribution in [0.5, 0.6) is 0 Å². The molecule has 4 nitrogen and oxygen atoms in total. The van der Waals surface area contributed by atoms with Crippen LogP contribution in [0.2, 0.25) is 5.02 Å². The molecule has 0 saturated heterocycles. The van der Waals surface area contributed by atoms with Gasteiger partial charge in [0.2, 0.25) is 0 Å². The first-order valence-electron chi connectivity index (χ1n) is 7.25. The summed E-state index contributed by atoms with van der Waals surface area (Å²) in [7, 11) is -3.78. The average Bonchev–Trinajstić information content (AvgIpc) is 2.57. The zero-order valence-corrected chi connectivity index (χ0v) is 14.2. The summed E-state index contributed by atoms with van der Waals surface area (Å²) in [6.45, 7) is 0. The number of hydrogen-bond acceptors (Lipinski definition) is 3. The molecule has 0 atom stereocenters. The van der Waals surface area contributed by atoms with Gasteiger partial charge in [0.25, 0.3) is 10.0 Å². The van der Waals surface area contributed by atoms with E-state index in [1.165, 1.54) is 6.07 Å². The van der Waals surface area contributed by atoms with E-state index in [-0.39, 0.29) is 9.92 Å². The van der Waals surface area contributed by atoms with Crippen molar-refractivity contribution in [3.63, 3.8) is 0 Å². The summed E-state index contributed by atoms with van der Waals surface area (Å²) in [5.74, 6) is 0. The third-order valence-electron chi connectivity index (χ3n) is 3.35. The second-order valence-corrected chi connectivity index (χ2v) is 7.13. The summed E-state index contributed by atoms with van der Waals surface area (Å²) in [5, 5.41) is 3.38. The highest BCUT2D eigenvalue weighted by molar-refractivity contribution is 7.92. The quantitative estimate of drug-likeness (QED) is 0.683. The fourth-order valence-corrected chi connectivity index (χ4v) is 3.82. The standard InChI is InChI=1S/C18H15ClN2O2S/c19-15-10-4-7-13-18(15)24(22,23)21-17-12-6-5-11-16(17)20-14-8-2-1-3-9-14/h1-13,20-21H. The lowest BCUT2D eigenvalue weighted by atomic mass is 10.2. The minimum atomic E-state index is -3.78. The maximum Gasteiger partial charge on any atom is 0.263 e. The third kappa shape index (κ3) is 3.69. The molecule has 0 saturated carbocycles. The van der Waals surface area contributed by atoms with Crippen molar-refractivity contribution in [2.75, 3.05) is 10.0 Å². The highest BCUT2D eigenvalue weighted by atomic mass is 35.5. The van der Waals surface area contributed by atoms with E-state index in [1.807, 2.05) is 36.4 Å². The molecule has 0 aliphatic carbocycles. The van der Waals surface area contributed by atoms with E-state index in [4.69, 9.17) is 11.6 Å². The first-order valence-corrected chi connectivity index (χ1v) is 9.11. The Kier molecular flexibility index (Phi) is 4.74. The number of para-hydroxylation sites is 3. The second-order valence-electron chi connectivity index (χ2n) is 5.07. The molecule has 6 heteroatoms. The summed E-state index contributed by atoms with van der Waals surface area (Å²) in [6.07, 6.45) is 0. The fraction of sp³-hybridized carbons (Fsp3) is 0. The fourth-order valence-electron chi connectivity index (χ4n) is 2.22. The molecule has 0 fully saturated rings. The van der Waals surface area contributed by atoms with E-state index in [0.29, 0.717) is 11.4 Å². The normalized spacial score (nSPS) is 11.0. The lowest BCUT2D eigenvalue weighted by molar-refractivity contribution is 0.601. The Bertz CT molecular complexity index is 944. The van der Waals surface area contributed by atoms with Crippen LogP contribution in [0.15, 0.2) is 83.8 Å². The van der Waals surface area contributed by atoms with Crippen molar-refractivity contribution in [2.24, 2.45) is 0 Å². The molecule has 0 aliphatic rings. The maximum absolute atomic E-state index is 12.6. The van der Waals surface area contributed by atoms with Crippen LogP contribution in [0.3, 0.4) is 0 Å². The number of benzene rings is 3. The van der Waals surface area contributed by atoms with Crippen LogP contribution in [0, 0.1) is 0 Å². The lowest BCUT2D eigenvalue weighted by Crippen LogP contribution is -2.14. The zero-order chi connectivity index (χ0) is 17.0. The van der Waals surface area contributed by atoms with Gasteiger partial charge < -0.3 is 5.32 Å². The Morgan fingerprint density at radius 1 is 0.708 bits per heavy atom. The average molecular weight is 359 g/mol. The van der Waals surface area contributed by atoms with Crippen LogP contribution in [-0.4, -0.2) is 8.42 Å². The molecule has 0 heterocycles. The molecular weight excluding hydrogens is 344 g/mol. The van der Waals surface area contributed by atoms with Gasteiger partial charge in [0.15, 0.2) is 0 Å². The van der Waals surface area contributed by atoms with Crippen molar-refractivity contribution in [2.45, 2.75) is 4.90 Å². The van der Waals surface area contributed by atoms with Crippen molar-refractivity contribution in [3.8, 4) is 0 Å². The molecule has 2 N–H and O–H groups in total. The molecule has 3 aromatic rings. The van der Waals surface area contributed by atoms with Crippen LogP contribution in [0.1, 0.15) is 0 Å². The summed E-state index contributed by atoms with van der Waals surface area (Å²) < 4.78 is 27.8. The molecule has 0 aromatic heterocycles. The highest BCUT2D eigenvalue weighted by Crippen LogP contribution is 2.29. The molecule has 0 spiro atoms. The largest absolute Gasteiger partial charge is 0.354 e. The van der Waals surface area contributed by atoms with Gasteiger partial charge in [-0.15, -0.1) is 0 Å². The van der Waals surface area contributed by atoms with Crippen molar-refractivity contribution in [3.05, 3.63) is 83.9 Å². The highest BCUT2D eigenvalue weighted by Gasteiger charge is 2.18. The van der Waals surface area contributed by atoms with Crippen LogP contribution >= 0.6 is 11.6 Å². The van der Waals surface area contributed by atoms with Crippen molar-refractivity contribution >= 4 is 38.7 Å². The lowest BCUT2D eigenvalue weighted by Gasteiger charge is -2.14. The molecule has 0 unspecified atom stereocenters. The van der Waals surface area contributed by atoms with Gasteiger partial charge in [-0.1, -0.05) is 54.1 Å². The van der Waals surface area contributed by atoms with E-state index in [0.717, 1.165) is 5.69 Å². The molecule has 3 rings (SSSR count). The SMILES string of the molecule is O=S(=O)(Nc1ccccc1Nc1ccccc1)c1ccccc1Cl. The molecular formula is C18H15ClN2O2S. The van der Waals surface area contributed by atoms with Gasteiger partial charge in [0.05, 0.1) is 16.4 Å². The van der Waals surface area contributed by atoms with Crippen molar-refractivity contribution < 1.29 is 8.42 Å². The molecule has 122 valence electrons. The van der Waals surface area contributed by atoms with E-state index >= 15 is 0 Å². The summed E-state index contributed by atoms with van der Waals surface area (Å²) in [5.41, 5.74) is 1.96. The molecule has 0 radical (unpaired) electrons. The number of halogens is 1. The van der Waals surface area contributed by atoms with Gasteiger partial charge in [0.1, 0.15) is 4.90 Å². The predicted octanol–water partition coefficient (Wildman–Crippen LogP) is 4.88. The number of anilines is 3. The Labute approximate surface area is 146 Å². The first-order chi connectivity index (χ1) is 11.6. The van der Waals surface area contributed by atoms with E-state index < -0.39 is 10.0 Å². The van der Waals surface area contributed by atoms with Crippen molar-refractivity contribution in [1.82, 2.24) is 0 Å². The Morgan fingerprint density at radius 3 is 2.00 bits per heavy atom. The summed E-state index contributed by atoms with van der Waals surface area (Å²) in [4.78, 5) is 0.0428. The van der Waals surface area contributed by atoms with Gasteiger partial charge in [-0.25, -0.2) is 8.42 Å². The summed E-state index contributed by atoms with van der Waals surface area (Å²) in [6, 6.07) is 23.0. The Balaban J connectivity index is 1.92. The van der Waals surface area contributed by atoms with Gasteiger partial charge in [-0.3, -0.25) is 4.72 Å². The third-order valence-corrected chi connectivity index (χ3v) is 5.22. The van der Waals surface area contributed by atoms with Crippen LogP contribution in [-0.2, 0) is 10.0 Å². The van der Waals surface area contributed by atoms with Crippen molar-refractivity contribution in [1.29, 1.82) is 0 Å². The van der Waals surface area contributed by atoms with Crippen LogP contribution in [0.4, 0.5) is 17.1 Å². The molecule has 0 amide bonds. The first kappa shape index (κ1) is 16.4. The van der Waals surface area contributed by atoms with Crippen LogP contribution in [0.25, 0.3) is 0 Å². The zero-order valence-electron chi connectivity index (χ0n) is 12.6. The second kappa shape index (κ2) is 6.95. The van der Waals surface area contributed by atoms with Crippen LogP contribution < -0.4 is 10.0 Å². The van der Waals surface area contributed by atoms with E-state index in [1.54, 1.807) is 36.4 Å². The topological polar surface area (TPSA) is 58.2 Å². The number of rotatable bonds is 5. The Morgan fingerprint density at radius 2 is 1.29 bits per heavy atom. The maximum atomic E-state index is 12.6. The van der Waals surface area contributed by atoms with Gasteiger partial charge >= 0.3 is 0 Å².